The number of amides is 1. The summed E-state index contributed by atoms with van der Waals surface area (Å²) in [6.07, 6.45) is 0. The Bertz CT molecular complexity index is 1450. The van der Waals surface area contributed by atoms with Gasteiger partial charge < -0.3 is 5.32 Å². The lowest BCUT2D eigenvalue weighted by Crippen LogP contribution is -2.13. The first-order valence-corrected chi connectivity index (χ1v) is 10.7. The molecule has 1 amide bonds. The van der Waals surface area contributed by atoms with E-state index in [-0.39, 0.29) is 5.91 Å². The molecule has 5 rings (SSSR count). The van der Waals surface area contributed by atoms with Crippen molar-refractivity contribution in [3.63, 3.8) is 0 Å². The van der Waals surface area contributed by atoms with Gasteiger partial charge in [-0.2, -0.15) is 5.10 Å². The number of benzene rings is 4. The minimum absolute atomic E-state index is 0.313. The van der Waals surface area contributed by atoms with Gasteiger partial charge in [0.2, 0.25) is 0 Å². The fourth-order valence-corrected chi connectivity index (χ4v) is 4.05. The van der Waals surface area contributed by atoms with Crippen molar-refractivity contribution in [2.24, 2.45) is 0 Å². The molecule has 156 valence electrons. The number of hydrogen-bond acceptors (Lipinski definition) is 2. The Kier molecular flexibility index (Phi) is 5.21. The molecule has 0 fully saturated rings. The van der Waals surface area contributed by atoms with Crippen LogP contribution in [0.25, 0.3) is 27.7 Å². The number of hydrogen-bond donors (Lipinski definition) is 1. The van der Waals surface area contributed by atoms with Crippen molar-refractivity contribution in [1.29, 1.82) is 0 Å². The molecule has 0 aliphatic heterocycles. The van der Waals surface area contributed by atoms with Gasteiger partial charge >= 0.3 is 0 Å². The molecule has 5 heteroatoms. The summed E-state index contributed by atoms with van der Waals surface area (Å²) < 4.78 is 1.85. The van der Waals surface area contributed by atoms with Gasteiger partial charge in [0.25, 0.3) is 5.91 Å². The van der Waals surface area contributed by atoms with E-state index in [1.54, 1.807) is 12.1 Å². The first kappa shape index (κ1) is 20.0. The summed E-state index contributed by atoms with van der Waals surface area (Å²) in [6, 6.07) is 31.4. The Hall–Kier alpha value is -3.89. The molecule has 4 nitrogen and oxygen atoms in total. The molecule has 1 N–H and O–H groups in total. The van der Waals surface area contributed by atoms with Crippen molar-refractivity contribution >= 4 is 34.0 Å². The van der Waals surface area contributed by atoms with Crippen LogP contribution >= 0.6 is 11.6 Å². The molecule has 0 aliphatic rings. The van der Waals surface area contributed by atoms with Gasteiger partial charge in [0, 0.05) is 5.56 Å². The van der Waals surface area contributed by atoms with Gasteiger partial charge in [-0.1, -0.05) is 84.4 Å². The molecule has 0 bridgehead atoms. The maximum Gasteiger partial charge on any atom is 0.276 e. The molecular formula is C27H20ClN3O. The zero-order valence-corrected chi connectivity index (χ0v) is 18.2. The van der Waals surface area contributed by atoms with E-state index in [9.17, 15) is 4.79 Å². The second kappa shape index (κ2) is 8.33. The van der Waals surface area contributed by atoms with E-state index in [0.29, 0.717) is 16.4 Å². The van der Waals surface area contributed by atoms with Gasteiger partial charge in [0.15, 0.2) is 5.69 Å². The second-order valence-corrected chi connectivity index (χ2v) is 7.98. The average molecular weight is 438 g/mol. The van der Waals surface area contributed by atoms with Crippen LogP contribution in [0.15, 0.2) is 97.1 Å². The third kappa shape index (κ3) is 3.66. The number of rotatable bonds is 4. The molecule has 0 saturated carbocycles. The zero-order chi connectivity index (χ0) is 22.1. The SMILES string of the molecule is Cc1ccccc1-n1nc(C(=O)Nc2ccccc2Cl)cc1-c1cccc2ccccc12. The molecule has 0 radical (unpaired) electrons. The number of para-hydroxylation sites is 2. The van der Waals surface area contributed by atoms with Crippen molar-refractivity contribution < 1.29 is 4.79 Å². The van der Waals surface area contributed by atoms with Crippen LogP contribution in [0.5, 0.6) is 0 Å². The molecule has 32 heavy (non-hydrogen) atoms. The summed E-state index contributed by atoms with van der Waals surface area (Å²) in [5.41, 5.74) is 4.71. The zero-order valence-electron chi connectivity index (χ0n) is 17.4. The molecule has 0 unspecified atom stereocenters. The van der Waals surface area contributed by atoms with Gasteiger partial charge in [-0.3, -0.25) is 4.79 Å². The van der Waals surface area contributed by atoms with Gasteiger partial charge in [-0.25, -0.2) is 4.68 Å². The number of nitrogens with one attached hydrogen (secondary N) is 1. The largest absolute Gasteiger partial charge is 0.319 e. The van der Waals surface area contributed by atoms with Crippen LogP contribution in [0.2, 0.25) is 5.02 Å². The van der Waals surface area contributed by atoms with Gasteiger partial charge in [0.1, 0.15) is 0 Å². The molecule has 0 saturated heterocycles. The maximum atomic E-state index is 13.1. The lowest BCUT2D eigenvalue weighted by atomic mass is 10.0. The third-order valence-corrected chi connectivity index (χ3v) is 5.80. The van der Waals surface area contributed by atoms with E-state index in [4.69, 9.17) is 16.7 Å². The topological polar surface area (TPSA) is 46.9 Å². The van der Waals surface area contributed by atoms with Crippen molar-refractivity contribution in [2.75, 3.05) is 5.32 Å². The monoisotopic (exact) mass is 437 g/mol. The number of aryl methyl sites for hydroxylation is 1. The Labute approximate surface area is 191 Å². The summed E-state index contributed by atoms with van der Waals surface area (Å²) in [5, 5.41) is 10.3. The van der Waals surface area contributed by atoms with E-state index < -0.39 is 0 Å². The molecule has 4 aromatic carbocycles. The molecule has 0 spiro atoms. The van der Waals surface area contributed by atoms with E-state index in [2.05, 4.69) is 29.6 Å². The highest BCUT2D eigenvalue weighted by Crippen LogP contribution is 2.32. The third-order valence-electron chi connectivity index (χ3n) is 5.47. The number of nitrogens with zero attached hydrogens (tertiary/aromatic N) is 2. The second-order valence-electron chi connectivity index (χ2n) is 7.57. The molecular weight excluding hydrogens is 418 g/mol. The maximum absolute atomic E-state index is 13.1. The van der Waals surface area contributed by atoms with Crippen molar-refractivity contribution in [3.05, 3.63) is 113 Å². The minimum Gasteiger partial charge on any atom is -0.319 e. The number of carbonyl (C=O) groups is 1. The normalized spacial score (nSPS) is 10.9. The predicted molar refractivity (Wildman–Crippen MR) is 131 cm³/mol. The smallest absolute Gasteiger partial charge is 0.276 e. The van der Waals surface area contributed by atoms with E-state index in [1.807, 2.05) is 72.3 Å². The molecule has 5 aromatic rings. The average Bonchev–Trinajstić information content (AvgIpc) is 3.26. The quantitative estimate of drug-likeness (QED) is 0.332. The molecule has 1 aromatic heterocycles. The van der Waals surface area contributed by atoms with Gasteiger partial charge in [-0.05, 0) is 47.5 Å². The fraction of sp³-hybridized carbons (Fsp3) is 0.0370. The Morgan fingerprint density at radius 1 is 0.875 bits per heavy atom. The summed E-state index contributed by atoms with van der Waals surface area (Å²) in [5.74, 6) is -0.313. The molecule has 0 atom stereocenters. The highest BCUT2D eigenvalue weighted by molar-refractivity contribution is 6.33. The minimum atomic E-state index is -0.313. The number of carbonyl (C=O) groups excluding carboxylic acids is 1. The Morgan fingerprint density at radius 3 is 2.44 bits per heavy atom. The van der Waals surface area contributed by atoms with Crippen molar-refractivity contribution in [3.8, 4) is 16.9 Å². The van der Waals surface area contributed by atoms with Crippen LogP contribution < -0.4 is 5.32 Å². The van der Waals surface area contributed by atoms with Crippen LogP contribution in [0.3, 0.4) is 0 Å². The van der Waals surface area contributed by atoms with E-state index in [0.717, 1.165) is 33.3 Å². The lowest BCUT2D eigenvalue weighted by molar-refractivity contribution is 0.102. The number of anilines is 1. The van der Waals surface area contributed by atoms with Gasteiger partial charge in [-0.15, -0.1) is 0 Å². The van der Waals surface area contributed by atoms with Crippen LogP contribution in [0.1, 0.15) is 16.1 Å². The Morgan fingerprint density at radius 2 is 1.59 bits per heavy atom. The highest BCUT2D eigenvalue weighted by atomic mass is 35.5. The number of aromatic nitrogens is 2. The highest BCUT2D eigenvalue weighted by Gasteiger charge is 2.19. The summed E-state index contributed by atoms with van der Waals surface area (Å²) in [7, 11) is 0. The van der Waals surface area contributed by atoms with E-state index in [1.165, 1.54) is 0 Å². The van der Waals surface area contributed by atoms with Gasteiger partial charge in [0.05, 0.1) is 22.1 Å². The van der Waals surface area contributed by atoms with Crippen molar-refractivity contribution in [2.45, 2.75) is 6.92 Å². The number of halogens is 1. The Balaban J connectivity index is 1.67. The molecule has 1 heterocycles. The predicted octanol–water partition coefficient (Wildman–Crippen LogP) is 6.91. The first-order valence-electron chi connectivity index (χ1n) is 10.3. The number of fused-ring (bicyclic) bond motifs is 1. The van der Waals surface area contributed by atoms with Crippen LogP contribution in [0.4, 0.5) is 5.69 Å². The summed E-state index contributed by atoms with van der Waals surface area (Å²) in [4.78, 5) is 13.1. The standard InChI is InChI=1S/C27H20ClN3O/c1-18-9-2-7-16-25(18)31-26(21-13-8-11-19-10-3-4-12-20(19)21)17-24(30-31)27(32)29-23-15-6-5-14-22(23)28/h2-17H,1H3,(H,29,32). The lowest BCUT2D eigenvalue weighted by Gasteiger charge is -2.12. The van der Waals surface area contributed by atoms with Crippen molar-refractivity contribution in [1.82, 2.24) is 9.78 Å². The summed E-state index contributed by atoms with van der Waals surface area (Å²) in [6.45, 7) is 2.04. The summed E-state index contributed by atoms with van der Waals surface area (Å²) >= 11 is 6.23. The fourth-order valence-electron chi connectivity index (χ4n) is 3.87. The first-order chi connectivity index (χ1) is 15.6. The van der Waals surface area contributed by atoms with Crippen LogP contribution in [-0.2, 0) is 0 Å². The molecule has 0 aliphatic carbocycles. The van der Waals surface area contributed by atoms with Crippen LogP contribution in [-0.4, -0.2) is 15.7 Å². The van der Waals surface area contributed by atoms with Crippen LogP contribution in [0, 0.1) is 6.92 Å². The van der Waals surface area contributed by atoms with E-state index >= 15 is 0 Å².